The zero-order valence-corrected chi connectivity index (χ0v) is 9.64. The van der Waals surface area contributed by atoms with Crippen LogP contribution in [-0.4, -0.2) is 24.4 Å². The summed E-state index contributed by atoms with van der Waals surface area (Å²) in [6.07, 6.45) is 0.632. The van der Waals surface area contributed by atoms with Crippen molar-refractivity contribution in [3.63, 3.8) is 0 Å². The first-order chi connectivity index (χ1) is 8.13. The van der Waals surface area contributed by atoms with Crippen LogP contribution in [0.1, 0.15) is 13.3 Å². The molecule has 17 heavy (non-hydrogen) atoms. The Balaban J connectivity index is 2.38. The molecule has 5 nitrogen and oxygen atoms in total. The normalized spacial score (nSPS) is 20.3. The van der Waals surface area contributed by atoms with E-state index < -0.39 is 0 Å². The number of benzene rings is 1. The van der Waals surface area contributed by atoms with Crippen molar-refractivity contribution in [2.24, 2.45) is 0 Å². The standard InChI is InChI=1S/C12H15N3O2/c1-2-9-12(17)14-11(16)7-15(9)10-6-4-3-5-8(10)13/h3-6,9H,2,7,13H2,1H3,(H,14,16,17). The van der Waals surface area contributed by atoms with E-state index >= 15 is 0 Å². The number of imide groups is 1. The average molecular weight is 233 g/mol. The maximum Gasteiger partial charge on any atom is 0.249 e. The first-order valence-corrected chi connectivity index (χ1v) is 5.58. The van der Waals surface area contributed by atoms with Gasteiger partial charge in [-0.3, -0.25) is 14.9 Å². The fourth-order valence-electron chi connectivity index (χ4n) is 2.07. The van der Waals surface area contributed by atoms with Crippen molar-refractivity contribution in [2.45, 2.75) is 19.4 Å². The van der Waals surface area contributed by atoms with Crippen molar-refractivity contribution in [3.8, 4) is 0 Å². The van der Waals surface area contributed by atoms with Crippen LogP contribution in [0.5, 0.6) is 0 Å². The SMILES string of the molecule is CCC1C(=O)NC(=O)CN1c1ccccc1N. The Morgan fingerprint density at radius 1 is 1.41 bits per heavy atom. The van der Waals surface area contributed by atoms with E-state index in [4.69, 9.17) is 5.73 Å². The summed E-state index contributed by atoms with van der Waals surface area (Å²) in [7, 11) is 0. The third-order valence-corrected chi connectivity index (χ3v) is 2.89. The van der Waals surface area contributed by atoms with Crippen molar-refractivity contribution in [1.82, 2.24) is 5.32 Å². The maximum atomic E-state index is 11.7. The minimum atomic E-state index is -0.336. The van der Waals surface area contributed by atoms with Crippen molar-refractivity contribution in [1.29, 1.82) is 0 Å². The lowest BCUT2D eigenvalue weighted by atomic mass is 10.1. The summed E-state index contributed by atoms with van der Waals surface area (Å²) in [4.78, 5) is 24.9. The van der Waals surface area contributed by atoms with Crippen molar-refractivity contribution < 1.29 is 9.59 Å². The van der Waals surface area contributed by atoms with E-state index in [0.29, 0.717) is 12.1 Å². The topological polar surface area (TPSA) is 75.4 Å². The van der Waals surface area contributed by atoms with Gasteiger partial charge in [-0.15, -0.1) is 0 Å². The molecule has 1 aliphatic heterocycles. The molecule has 90 valence electrons. The third-order valence-electron chi connectivity index (χ3n) is 2.89. The Labute approximate surface area is 99.6 Å². The molecular weight excluding hydrogens is 218 g/mol. The van der Waals surface area contributed by atoms with Crippen LogP contribution in [0, 0.1) is 0 Å². The lowest BCUT2D eigenvalue weighted by Crippen LogP contribution is -2.58. The van der Waals surface area contributed by atoms with Crippen LogP contribution < -0.4 is 16.0 Å². The molecule has 1 aromatic rings. The van der Waals surface area contributed by atoms with Crippen LogP contribution in [0.4, 0.5) is 11.4 Å². The van der Waals surface area contributed by atoms with Gasteiger partial charge in [-0.25, -0.2) is 0 Å². The van der Waals surface area contributed by atoms with E-state index in [0.717, 1.165) is 5.69 Å². The molecule has 1 atom stereocenters. The number of nitrogen functional groups attached to an aromatic ring is 1. The predicted octanol–water partition coefficient (Wildman–Crippen LogP) is 0.510. The highest BCUT2D eigenvalue weighted by Crippen LogP contribution is 2.26. The summed E-state index contributed by atoms with van der Waals surface area (Å²) in [6, 6.07) is 6.92. The minimum Gasteiger partial charge on any atom is -0.397 e. The second-order valence-corrected chi connectivity index (χ2v) is 4.02. The molecule has 0 saturated carbocycles. The largest absolute Gasteiger partial charge is 0.397 e. The average Bonchev–Trinajstić information content (AvgIpc) is 2.28. The second kappa shape index (κ2) is 4.45. The number of rotatable bonds is 2. The van der Waals surface area contributed by atoms with Gasteiger partial charge < -0.3 is 10.6 Å². The number of nitrogens with one attached hydrogen (secondary N) is 1. The molecule has 1 aliphatic rings. The molecule has 1 heterocycles. The number of piperazine rings is 1. The number of hydrogen-bond acceptors (Lipinski definition) is 4. The number of nitrogens with two attached hydrogens (primary N) is 1. The predicted molar refractivity (Wildman–Crippen MR) is 65.4 cm³/mol. The zero-order chi connectivity index (χ0) is 12.4. The lowest BCUT2D eigenvalue weighted by molar-refractivity contribution is -0.132. The number of hydrogen-bond donors (Lipinski definition) is 2. The molecule has 0 aromatic heterocycles. The number of amides is 2. The van der Waals surface area contributed by atoms with Crippen LogP contribution in [0.15, 0.2) is 24.3 Å². The van der Waals surface area contributed by atoms with E-state index in [-0.39, 0.29) is 24.4 Å². The zero-order valence-electron chi connectivity index (χ0n) is 9.64. The summed E-state index contributed by atoms with van der Waals surface area (Å²) < 4.78 is 0. The molecule has 0 spiro atoms. The molecule has 2 amide bonds. The van der Waals surface area contributed by atoms with Gasteiger partial charge >= 0.3 is 0 Å². The Kier molecular flexibility index (Phi) is 2.99. The highest BCUT2D eigenvalue weighted by atomic mass is 16.2. The summed E-state index contributed by atoms with van der Waals surface area (Å²) in [5, 5.41) is 2.34. The van der Waals surface area contributed by atoms with Crippen molar-refractivity contribution >= 4 is 23.2 Å². The van der Waals surface area contributed by atoms with Crippen molar-refractivity contribution in [3.05, 3.63) is 24.3 Å². The number of carbonyl (C=O) groups is 2. The Hall–Kier alpha value is -2.04. The fraction of sp³-hybridized carbons (Fsp3) is 0.333. The molecule has 0 bridgehead atoms. The van der Waals surface area contributed by atoms with E-state index in [1.165, 1.54) is 0 Å². The van der Waals surface area contributed by atoms with Gasteiger partial charge in [0.1, 0.15) is 6.04 Å². The van der Waals surface area contributed by atoms with E-state index in [9.17, 15) is 9.59 Å². The molecule has 1 saturated heterocycles. The third kappa shape index (κ3) is 2.08. The number of anilines is 2. The molecule has 5 heteroatoms. The van der Waals surface area contributed by atoms with Gasteiger partial charge in [-0.2, -0.15) is 0 Å². The summed E-state index contributed by atoms with van der Waals surface area (Å²) in [5.74, 6) is -0.546. The van der Waals surface area contributed by atoms with Crippen LogP contribution in [0.2, 0.25) is 0 Å². The summed E-state index contributed by atoms with van der Waals surface area (Å²) in [5.41, 5.74) is 7.19. The molecule has 1 fully saturated rings. The van der Waals surface area contributed by atoms with Gasteiger partial charge in [0, 0.05) is 0 Å². The van der Waals surface area contributed by atoms with Crippen LogP contribution in [-0.2, 0) is 9.59 Å². The highest BCUT2D eigenvalue weighted by molar-refractivity contribution is 6.05. The van der Waals surface area contributed by atoms with Gasteiger partial charge in [0.25, 0.3) is 0 Å². The van der Waals surface area contributed by atoms with Gasteiger partial charge in [0.15, 0.2) is 0 Å². The number of nitrogens with zero attached hydrogens (tertiary/aromatic N) is 1. The summed E-state index contributed by atoms with van der Waals surface area (Å²) >= 11 is 0. The molecule has 1 unspecified atom stereocenters. The minimum absolute atomic E-state index is 0.165. The quantitative estimate of drug-likeness (QED) is 0.576. The lowest BCUT2D eigenvalue weighted by Gasteiger charge is -2.35. The highest BCUT2D eigenvalue weighted by Gasteiger charge is 2.33. The van der Waals surface area contributed by atoms with E-state index in [1.807, 2.05) is 25.1 Å². The van der Waals surface area contributed by atoms with Gasteiger partial charge in [-0.05, 0) is 18.6 Å². The van der Waals surface area contributed by atoms with E-state index in [2.05, 4.69) is 5.32 Å². The van der Waals surface area contributed by atoms with E-state index in [1.54, 1.807) is 11.0 Å². The summed E-state index contributed by atoms with van der Waals surface area (Å²) in [6.45, 7) is 2.07. The first-order valence-electron chi connectivity index (χ1n) is 5.58. The van der Waals surface area contributed by atoms with Crippen LogP contribution in [0.25, 0.3) is 0 Å². The Morgan fingerprint density at radius 2 is 2.12 bits per heavy atom. The monoisotopic (exact) mass is 233 g/mol. The Morgan fingerprint density at radius 3 is 2.76 bits per heavy atom. The molecule has 0 aliphatic carbocycles. The number of para-hydroxylation sites is 2. The fourth-order valence-corrected chi connectivity index (χ4v) is 2.07. The molecule has 1 aromatic carbocycles. The molecular formula is C12H15N3O2. The van der Waals surface area contributed by atoms with Crippen molar-refractivity contribution in [2.75, 3.05) is 17.2 Å². The maximum absolute atomic E-state index is 11.7. The molecule has 2 rings (SSSR count). The number of carbonyl (C=O) groups excluding carboxylic acids is 2. The van der Waals surface area contributed by atoms with Crippen LogP contribution >= 0.6 is 0 Å². The van der Waals surface area contributed by atoms with Gasteiger partial charge in [-0.1, -0.05) is 19.1 Å². The van der Waals surface area contributed by atoms with Crippen LogP contribution in [0.3, 0.4) is 0 Å². The Bertz CT molecular complexity index is 459. The molecule has 0 radical (unpaired) electrons. The smallest absolute Gasteiger partial charge is 0.249 e. The first kappa shape index (κ1) is 11.4. The second-order valence-electron chi connectivity index (χ2n) is 4.02. The molecule has 3 N–H and O–H groups in total. The van der Waals surface area contributed by atoms with Gasteiger partial charge in [0.2, 0.25) is 11.8 Å². The van der Waals surface area contributed by atoms with Gasteiger partial charge in [0.05, 0.1) is 17.9 Å².